The van der Waals surface area contributed by atoms with E-state index in [1.165, 1.54) is 6.07 Å². The van der Waals surface area contributed by atoms with Gasteiger partial charge in [-0.3, -0.25) is 0 Å². The van der Waals surface area contributed by atoms with E-state index in [0.29, 0.717) is 6.54 Å². The second kappa shape index (κ2) is 6.83. The van der Waals surface area contributed by atoms with Gasteiger partial charge in [0.1, 0.15) is 10.7 Å². The molecule has 0 radical (unpaired) electrons. The number of rotatable bonds is 7. The fourth-order valence-corrected chi connectivity index (χ4v) is 2.79. The summed E-state index contributed by atoms with van der Waals surface area (Å²) in [5, 5.41) is 0. The van der Waals surface area contributed by atoms with Crippen LogP contribution in [0.25, 0.3) is 0 Å². The van der Waals surface area contributed by atoms with Crippen molar-refractivity contribution in [2.75, 3.05) is 32.9 Å². The Balaban J connectivity index is 2.56. The highest BCUT2D eigenvalue weighted by Crippen LogP contribution is 2.18. The van der Waals surface area contributed by atoms with Crippen LogP contribution in [-0.2, 0) is 10.0 Å². The molecule has 0 aliphatic heterocycles. The van der Waals surface area contributed by atoms with Crippen LogP contribution in [-0.4, -0.2) is 40.5 Å². The zero-order valence-corrected chi connectivity index (χ0v) is 12.0. The molecule has 0 saturated heterocycles. The lowest BCUT2D eigenvalue weighted by Gasteiger charge is -2.11. The van der Waals surface area contributed by atoms with Gasteiger partial charge in [0.25, 0.3) is 0 Å². The number of benzene rings is 1. The molecule has 0 saturated carbocycles. The van der Waals surface area contributed by atoms with Gasteiger partial charge in [-0.1, -0.05) is 0 Å². The maximum absolute atomic E-state index is 12.9. The minimum absolute atomic E-state index is 0.0819. The normalized spacial score (nSPS) is 12.0. The summed E-state index contributed by atoms with van der Waals surface area (Å²) in [7, 11) is 0.260. The highest BCUT2D eigenvalue weighted by atomic mass is 32.2. The van der Waals surface area contributed by atoms with E-state index in [1.54, 1.807) is 0 Å². The van der Waals surface area contributed by atoms with Crippen molar-refractivity contribution in [1.82, 2.24) is 9.62 Å². The third-order valence-electron chi connectivity index (χ3n) is 2.59. The predicted octanol–water partition coefficient (Wildman–Crippen LogP) is 1.03. The van der Waals surface area contributed by atoms with Gasteiger partial charge in [-0.25, -0.2) is 17.5 Å². The molecule has 1 aromatic carbocycles. The minimum atomic E-state index is -3.66. The summed E-state index contributed by atoms with van der Waals surface area (Å²) in [5.41, 5.74) is 5.43. The number of hydrogen-bond donors (Lipinski definition) is 2. The molecule has 0 aliphatic rings. The Bertz CT molecular complexity index is 518. The molecule has 0 fully saturated rings. The number of sulfonamides is 1. The molecule has 5 nitrogen and oxygen atoms in total. The SMILES string of the molecule is CN(C)CCCCNS(=O)(=O)c1ccc(F)cc1N. The third-order valence-corrected chi connectivity index (χ3v) is 4.12. The van der Waals surface area contributed by atoms with Crippen LogP contribution in [0.1, 0.15) is 12.8 Å². The van der Waals surface area contributed by atoms with Gasteiger partial charge in [-0.05, 0) is 51.7 Å². The van der Waals surface area contributed by atoms with E-state index >= 15 is 0 Å². The van der Waals surface area contributed by atoms with Gasteiger partial charge in [0, 0.05) is 6.54 Å². The number of nitrogens with zero attached hydrogens (tertiary/aromatic N) is 1. The average molecular weight is 289 g/mol. The number of halogens is 1. The zero-order chi connectivity index (χ0) is 14.5. The maximum Gasteiger partial charge on any atom is 0.242 e. The first-order valence-corrected chi connectivity index (χ1v) is 7.50. The highest BCUT2D eigenvalue weighted by Gasteiger charge is 2.16. The monoisotopic (exact) mass is 289 g/mol. The Kier molecular flexibility index (Phi) is 5.71. The molecule has 108 valence electrons. The number of nitrogen functional groups attached to an aromatic ring is 1. The lowest BCUT2D eigenvalue weighted by molar-refractivity contribution is 0.394. The molecule has 1 aromatic rings. The molecule has 0 bridgehead atoms. The molecule has 0 unspecified atom stereocenters. The lowest BCUT2D eigenvalue weighted by Crippen LogP contribution is -2.26. The van der Waals surface area contributed by atoms with Gasteiger partial charge in [0.15, 0.2) is 0 Å². The fraction of sp³-hybridized carbons (Fsp3) is 0.500. The van der Waals surface area contributed by atoms with Crippen LogP contribution in [0.2, 0.25) is 0 Å². The van der Waals surface area contributed by atoms with Crippen molar-refractivity contribution in [3.8, 4) is 0 Å². The number of nitrogens with one attached hydrogen (secondary N) is 1. The van der Waals surface area contributed by atoms with Crippen LogP contribution in [0, 0.1) is 5.82 Å². The van der Waals surface area contributed by atoms with Crippen LogP contribution < -0.4 is 10.5 Å². The van der Waals surface area contributed by atoms with E-state index in [4.69, 9.17) is 5.73 Å². The molecule has 0 heterocycles. The Hall–Kier alpha value is -1.18. The smallest absolute Gasteiger partial charge is 0.242 e. The van der Waals surface area contributed by atoms with Crippen molar-refractivity contribution in [2.24, 2.45) is 0 Å². The molecule has 7 heteroatoms. The molecule has 3 N–H and O–H groups in total. The van der Waals surface area contributed by atoms with Crippen molar-refractivity contribution >= 4 is 15.7 Å². The van der Waals surface area contributed by atoms with Crippen molar-refractivity contribution in [3.63, 3.8) is 0 Å². The first kappa shape index (κ1) is 15.9. The highest BCUT2D eigenvalue weighted by molar-refractivity contribution is 7.89. The molecule has 0 aromatic heterocycles. The second-order valence-electron chi connectivity index (χ2n) is 4.59. The summed E-state index contributed by atoms with van der Waals surface area (Å²) in [4.78, 5) is 1.95. The van der Waals surface area contributed by atoms with Crippen molar-refractivity contribution in [2.45, 2.75) is 17.7 Å². The second-order valence-corrected chi connectivity index (χ2v) is 6.33. The molecular formula is C12H20FN3O2S. The molecule has 19 heavy (non-hydrogen) atoms. The van der Waals surface area contributed by atoms with E-state index in [2.05, 4.69) is 4.72 Å². The average Bonchev–Trinajstić information content (AvgIpc) is 2.27. The Morgan fingerprint density at radius 3 is 2.58 bits per heavy atom. The van der Waals surface area contributed by atoms with E-state index in [1.807, 2.05) is 19.0 Å². The van der Waals surface area contributed by atoms with Crippen molar-refractivity contribution in [3.05, 3.63) is 24.0 Å². The van der Waals surface area contributed by atoms with Gasteiger partial charge in [0.05, 0.1) is 5.69 Å². The number of unbranched alkanes of at least 4 members (excludes halogenated alkanes) is 1. The first-order chi connectivity index (χ1) is 8.83. The van der Waals surface area contributed by atoms with Crippen LogP contribution in [0.5, 0.6) is 0 Å². The standard InChI is InChI=1S/C12H20FN3O2S/c1-16(2)8-4-3-7-15-19(17,18)12-6-5-10(13)9-11(12)14/h5-6,9,15H,3-4,7-8,14H2,1-2H3. The summed E-state index contributed by atoms with van der Waals surface area (Å²) in [6.07, 6.45) is 1.63. The molecule has 1 rings (SSSR count). The van der Waals surface area contributed by atoms with Crippen LogP contribution in [0.15, 0.2) is 23.1 Å². The Morgan fingerprint density at radius 2 is 2.00 bits per heavy atom. The summed E-state index contributed by atoms with van der Waals surface area (Å²) >= 11 is 0. The summed E-state index contributed by atoms with van der Waals surface area (Å²) in [6.45, 7) is 1.24. The van der Waals surface area contributed by atoms with Gasteiger partial charge < -0.3 is 10.6 Å². The van der Waals surface area contributed by atoms with Gasteiger partial charge >= 0.3 is 0 Å². The number of anilines is 1. The minimum Gasteiger partial charge on any atom is -0.398 e. The first-order valence-electron chi connectivity index (χ1n) is 6.02. The summed E-state index contributed by atoms with van der Waals surface area (Å²) in [6, 6.07) is 3.25. The van der Waals surface area contributed by atoms with E-state index in [0.717, 1.165) is 31.5 Å². The van der Waals surface area contributed by atoms with Crippen molar-refractivity contribution < 1.29 is 12.8 Å². The quantitative estimate of drug-likeness (QED) is 0.580. The van der Waals surface area contributed by atoms with Gasteiger partial charge in [-0.15, -0.1) is 0 Å². The maximum atomic E-state index is 12.9. The third kappa shape index (κ3) is 5.14. The predicted molar refractivity (Wildman–Crippen MR) is 73.8 cm³/mol. The Morgan fingerprint density at radius 1 is 1.32 bits per heavy atom. The molecule has 0 aliphatic carbocycles. The lowest BCUT2D eigenvalue weighted by atomic mass is 10.3. The van der Waals surface area contributed by atoms with E-state index < -0.39 is 15.8 Å². The summed E-state index contributed by atoms with van der Waals surface area (Å²) < 4.78 is 39.2. The Labute approximate surface area is 113 Å². The number of nitrogens with two attached hydrogens (primary N) is 1. The molecule has 0 atom stereocenters. The van der Waals surface area contributed by atoms with E-state index in [9.17, 15) is 12.8 Å². The molecule has 0 amide bonds. The fourth-order valence-electron chi connectivity index (χ4n) is 1.60. The van der Waals surface area contributed by atoms with Crippen LogP contribution in [0.4, 0.5) is 10.1 Å². The van der Waals surface area contributed by atoms with E-state index in [-0.39, 0.29) is 10.6 Å². The number of hydrogen-bond acceptors (Lipinski definition) is 4. The van der Waals surface area contributed by atoms with Gasteiger partial charge in [0.2, 0.25) is 10.0 Å². The van der Waals surface area contributed by atoms with Gasteiger partial charge in [-0.2, -0.15) is 0 Å². The molecule has 0 spiro atoms. The topological polar surface area (TPSA) is 75.4 Å². The largest absolute Gasteiger partial charge is 0.398 e. The zero-order valence-electron chi connectivity index (χ0n) is 11.2. The molecular weight excluding hydrogens is 269 g/mol. The van der Waals surface area contributed by atoms with Crippen molar-refractivity contribution in [1.29, 1.82) is 0 Å². The summed E-state index contributed by atoms with van der Waals surface area (Å²) in [5.74, 6) is -0.553. The van der Waals surface area contributed by atoms with Crippen LogP contribution >= 0.6 is 0 Å². The van der Waals surface area contributed by atoms with Crippen LogP contribution in [0.3, 0.4) is 0 Å².